The van der Waals surface area contributed by atoms with Gasteiger partial charge in [0.1, 0.15) is 0 Å². The highest BCUT2D eigenvalue weighted by Gasteiger charge is 2.06. The van der Waals surface area contributed by atoms with Gasteiger partial charge >= 0.3 is 0 Å². The largest absolute Gasteiger partial charge is 0.334 e. The first-order valence-electron chi connectivity index (χ1n) is 4.66. The zero-order chi connectivity index (χ0) is 10.1. The summed E-state index contributed by atoms with van der Waals surface area (Å²) >= 11 is 1.86. The summed E-state index contributed by atoms with van der Waals surface area (Å²) in [7, 11) is 2.02. The third-order valence-corrected chi connectivity index (χ3v) is 3.55. The number of thioether (sulfide) groups is 1. The summed E-state index contributed by atoms with van der Waals surface area (Å²) in [5.74, 6) is 0. The molecule has 74 valence electrons. The molecular weight excluding hydrogens is 192 g/mol. The van der Waals surface area contributed by atoms with E-state index in [4.69, 9.17) is 0 Å². The Hall–Kier alpha value is -0.960. The molecule has 0 aliphatic heterocycles. The molecule has 0 radical (unpaired) electrons. The molecule has 0 fully saturated rings. The molecular formula is C11H14N2S. The molecule has 2 aromatic rings. The van der Waals surface area contributed by atoms with Crippen LogP contribution in [-0.2, 0) is 7.05 Å². The second-order valence-electron chi connectivity index (χ2n) is 3.48. The maximum absolute atomic E-state index is 4.35. The number of imidazole rings is 1. The van der Waals surface area contributed by atoms with Gasteiger partial charge in [-0.15, -0.1) is 0 Å². The van der Waals surface area contributed by atoms with Gasteiger partial charge in [-0.3, -0.25) is 0 Å². The van der Waals surface area contributed by atoms with Gasteiger partial charge in [0, 0.05) is 12.3 Å². The molecule has 3 heteroatoms. The van der Waals surface area contributed by atoms with Crippen molar-refractivity contribution < 1.29 is 0 Å². The van der Waals surface area contributed by atoms with Crippen molar-refractivity contribution in [3.63, 3.8) is 0 Å². The second-order valence-corrected chi connectivity index (χ2v) is 4.66. The standard InChI is InChI=1S/C11H14N2S/c1-8(14-3)9-4-5-11-10(6-9)12-7-13(11)2/h4-8H,1-3H3. The van der Waals surface area contributed by atoms with E-state index in [2.05, 4.69) is 36.4 Å². The van der Waals surface area contributed by atoms with Gasteiger partial charge in [-0.25, -0.2) is 4.98 Å². The zero-order valence-corrected chi connectivity index (χ0v) is 9.51. The van der Waals surface area contributed by atoms with Crippen molar-refractivity contribution in [2.45, 2.75) is 12.2 Å². The fourth-order valence-corrected chi connectivity index (χ4v) is 1.96. The summed E-state index contributed by atoms with van der Waals surface area (Å²) in [6, 6.07) is 6.51. The molecule has 2 nitrogen and oxygen atoms in total. The zero-order valence-electron chi connectivity index (χ0n) is 8.69. The summed E-state index contributed by atoms with van der Waals surface area (Å²) < 4.78 is 2.04. The Kier molecular flexibility index (Phi) is 2.50. The SMILES string of the molecule is CSC(C)c1ccc2c(c1)ncn2C. The molecule has 0 aliphatic rings. The van der Waals surface area contributed by atoms with Crippen LogP contribution in [0.1, 0.15) is 17.7 Å². The Morgan fingerprint density at radius 2 is 2.21 bits per heavy atom. The molecule has 1 aromatic carbocycles. The molecule has 14 heavy (non-hydrogen) atoms. The summed E-state index contributed by atoms with van der Waals surface area (Å²) in [4.78, 5) is 4.35. The van der Waals surface area contributed by atoms with E-state index in [1.54, 1.807) is 0 Å². The van der Waals surface area contributed by atoms with Gasteiger partial charge in [-0.05, 0) is 30.9 Å². The molecule has 0 spiro atoms. The number of benzene rings is 1. The average molecular weight is 206 g/mol. The minimum absolute atomic E-state index is 0.543. The van der Waals surface area contributed by atoms with Crippen molar-refractivity contribution in [1.82, 2.24) is 9.55 Å². The normalized spacial score (nSPS) is 13.4. The van der Waals surface area contributed by atoms with Gasteiger partial charge in [-0.1, -0.05) is 6.07 Å². The number of nitrogens with zero attached hydrogens (tertiary/aromatic N) is 2. The van der Waals surface area contributed by atoms with Crippen LogP contribution >= 0.6 is 11.8 Å². The van der Waals surface area contributed by atoms with E-state index in [9.17, 15) is 0 Å². The van der Waals surface area contributed by atoms with E-state index in [0.717, 1.165) is 5.52 Å². The Balaban J connectivity index is 2.52. The van der Waals surface area contributed by atoms with Crippen LogP contribution in [0.15, 0.2) is 24.5 Å². The van der Waals surface area contributed by atoms with E-state index < -0.39 is 0 Å². The minimum Gasteiger partial charge on any atom is -0.334 e. The predicted octanol–water partition coefficient (Wildman–Crippen LogP) is 3.00. The van der Waals surface area contributed by atoms with Crippen LogP contribution in [0.25, 0.3) is 11.0 Å². The highest BCUT2D eigenvalue weighted by atomic mass is 32.2. The number of fused-ring (bicyclic) bond motifs is 1. The molecule has 1 unspecified atom stereocenters. The minimum atomic E-state index is 0.543. The maximum atomic E-state index is 4.35. The first-order valence-corrected chi connectivity index (χ1v) is 5.95. The van der Waals surface area contributed by atoms with Crippen LogP contribution in [0, 0.1) is 0 Å². The molecule has 0 saturated carbocycles. The highest BCUT2D eigenvalue weighted by Crippen LogP contribution is 2.27. The van der Waals surface area contributed by atoms with E-state index in [-0.39, 0.29) is 0 Å². The predicted molar refractivity (Wildman–Crippen MR) is 62.6 cm³/mol. The topological polar surface area (TPSA) is 17.8 Å². The van der Waals surface area contributed by atoms with Crippen LogP contribution in [0.4, 0.5) is 0 Å². The highest BCUT2D eigenvalue weighted by molar-refractivity contribution is 7.98. The van der Waals surface area contributed by atoms with Crippen molar-refractivity contribution >= 4 is 22.8 Å². The van der Waals surface area contributed by atoms with Crippen LogP contribution in [-0.4, -0.2) is 15.8 Å². The van der Waals surface area contributed by atoms with Crippen LogP contribution in [0.5, 0.6) is 0 Å². The van der Waals surface area contributed by atoms with Crippen LogP contribution in [0.2, 0.25) is 0 Å². The number of hydrogen-bond donors (Lipinski definition) is 0. The Morgan fingerprint density at radius 3 is 2.93 bits per heavy atom. The van der Waals surface area contributed by atoms with Gasteiger partial charge in [-0.2, -0.15) is 11.8 Å². The van der Waals surface area contributed by atoms with Crippen molar-refractivity contribution in [1.29, 1.82) is 0 Å². The van der Waals surface area contributed by atoms with Crippen molar-refractivity contribution in [2.24, 2.45) is 7.05 Å². The van der Waals surface area contributed by atoms with Gasteiger partial charge < -0.3 is 4.57 Å². The number of rotatable bonds is 2. The number of aryl methyl sites for hydroxylation is 1. The molecule has 2 rings (SSSR count). The molecule has 1 heterocycles. The lowest BCUT2D eigenvalue weighted by atomic mass is 10.1. The maximum Gasteiger partial charge on any atom is 0.0955 e. The van der Waals surface area contributed by atoms with Crippen molar-refractivity contribution in [3.8, 4) is 0 Å². The van der Waals surface area contributed by atoms with Gasteiger partial charge in [0.15, 0.2) is 0 Å². The van der Waals surface area contributed by atoms with Crippen LogP contribution in [0.3, 0.4) is 0 Å². The molecule has 1 atom stereocenters. The summed E-state index contributed by atoms with van der Waals surface area (Å²) in [5.41, 5.74) is 3.64. The van der Waals surface area contributed by atoms with Crippen molar-refractivity contribution in [2.75, 3.05) is 6.26 Å². The third-order valence-electron chi connectivity index (χ3n) is 2.57. The van der Waals surface area contributed by atoms with E-state index in [1.807, 2.05) is 29.7 Å². The first-order chi connectivity index (χ1) is 6.72. The quantitative estimate of drug-likeness (QED) is 0.751. The lowest BCUT2D eigenvalue weighted by Crippen LogP contribution is -1.88. The summed E-state index contributed by atoms with van der Waals surface area (Å²) in [6.45, 7) is 2.22. The van der Waals surface area contributed by atoms with Crippen LogP contribution < -0.4 is 0 Å². The first kappa shape index (κ1) is 9.59. The Morgan fingerprint density at radius 1 is 1.43 bits per heavy atom. The molecule has 0 amide bonds. The fourth-order valence-electron chi connectivity index (χ4n) is 1.54. The lowest BCUT2D eigenvalue weighted by molar-refractivity contribution is 0.947. The average Bonchev–Trinajstić information content (AvgIpc) is 2.59. The molecule has 0 N–H and O–H groups in total. The fraction of sp³-hybridized carbons (Fsp3) is 0.364. The van der Waals surface area contributed by atoms with Gasteiger partial charge in [0.25, 0.3) is 0 Å². The molecule has 0 saturated heterocycles. The number of aromatic nitrogens is 2. The van der Waals surface area contributed by atoms with Gasteiger partial charge in [0.2, 0.25) is 0 Å². The summed E-state index contributed by atoms with van der Waals surface area (Å²) in [6.07, 6.45) is 3.99. The van der Waals surface area contributed by atoms with E-state index in [0.29, 0.717) is 5.25 Å². The monoisotopic (exact) mass is 206 g/mol. The molecule has 0 bridgehead atoms. The van der Waals surface area contributed by atoms with E-state index in [1.165, 1.54) is 11.1 Å². The number of hydrogen-bond acceptors (Lipinski definition) is 2. The van der Waals surface area contributed by atoms with Gasteiger partial charge in [0.05, 0.1) is 17.4 Å². The molecule has 1 aromatic heterocycles. The Labute approximate surface area is 88.3 Å². The third kappa shape index (κ3) is 1.52. The Bertz CT molecular complexity index is 447. The molecule has 0 aliphatic carbocycles. The lowest BCUT2D eigenvalue weighted by Gasteiger charge is -2.07. The van der Waals surface area contributed by atoms with Crippen molar-refractivity contribution in [3.05, 3.63) is 30.1 Å². The summed E-state index contributed by atoms with van der Waals surface area (Å²) in [5, 5.41) is 0.543. The smallest absolute Gasteiger partial charge is 0.0955 e. The second kappa shape index (κ2) is 3.65. The van der Waals surface area contributed by atoms with E-state index >= 15 is 0 Å².